The summed E-state index contributed by atoms with van der Waals surface area (Å²) in [6.45, 7) is 7.09. The molecule has 0 atom stereocenters. The van der Waals surface area contributed by atoms with Gasteiger partial charge in [0.05, 0.1) is 28.3 Å². The molecule has 0 aliphatic carbocycles. The summed E-state index contributed by atoms with van der Waals surface area (Å²) in [5, 5.41) is 10.7. The molecule has 0 aliphatic rings. The smallest absolute Gasteiger partial charge is 0.292 e. The van der Waals surface area contributed by atoms with E-state index in [2.05, 4.69) is 41.6 Å². The fourth-order valence-electron chi connectivity index (χ4n) is 2.40. The Hall–Kier alpha value is -2.18. The van der Waals surface area contributed by atoms with Crippen molar-refractivity contribution in [1.82, 2.24) is 14.8 Å². The zero-order valence-corrected chi connectivity index (χ0v) is 16.6. The molecule has 0 saturated carbocycles. The Kier molecular flexibility index (Phi) is 5.44. The molecule has 5 nitrogen and oxygen atoms in total. The monoisotopic (exact) mass is 388 g/mol. The quantitative estimate of drug-likeness (QED) is 0.708. The van der Waals surface area contributed by atoms with Crippen LogP contribution in [-0.2, 0) is 11.8 Å². The lowest BCUT2D eigenvalue weighted by Crippen LogP contribution is -2.23. The average molecular weight is 389 g/mol. The highest BCUT2D eigenvalue weighted by atomic mass is 35.5. The minimum atomic E-state index is -0.341. The second-order valence-electron chi connectivity index (χ2n) is 7.00. The summed E-state index contributed by atoms with van der Waals surface area (Å²) in [6.07, 6.45) is 2.34. The van der Waals surface area contributed by atoms with Crippen molar-refractivity contribution in [1.29, 1.82) is 0 Å². The minimum Gasteiger partial charge on any atom is -0.382 e. The second-order valence-corrected chi connectivity index (χ2v) is 8.23. The number of aromatic nitrogens is 3. The molecule has 0 bridgehead atoms. The molecule has 1 N–H and O–H groups in total. The fraction of sp³-hybridized carbons (Fsp3) is 0.316. The van der Waals surface area contributed by atoms with Crippen LogP contribution in [0.1, 0.15) is 31.5 Å². The van der Waals surface area contributed by atoms with E-state index in [0.29, 0.717) is 17.9 Å². The van der Waals surface area contributed by atoms with Gasteiger partial charge in [-0.05, 0) is 12.1 Å². The van der Waals surface area contributed by atoms with E-state index in [1.165, 1.54) is 4.68 Å². The molecule has 2 aromatic heterocycles. The van der Waals surface area contributed by atoms with Gasteiger partial charge in [0.1, 0.15) is 5.02 Å². The van der Waals surface area contributed by atoms with E-state index in [0.717, 1.165) is 17.1 Å². The van der Waals surface area contributed by atoms with Gasteiger partial charge in [0.25, 0.3) is 5.56 Å². The number of thiazole rings is 1. The van der Waals surface area contributed by atoms with Gasteiger partial charge >= 0.3 is 0 Å². The van der Waals surface area contributed by atoms with Crippen molar-refractivity contribution in [3.8, 4) is 5.69 Å². The number of benzene rings is 1. The molecule has 0 fully saturated rings. The number of nitrogens with zero attached hydrogens (tertiary/aromatic N) is 3. The third-order valence-electron chi connectivity index (χ3n) is 3.81. The summed E-state index contributed by atoms with van der Waals surface area (Å²) >= 11 is 7.92. The molecule has 0 amide bonds. The number of para-hydroxylation sites is 1. The molecule has 26 heavy (non-hydrogen) atoms. The zero-order valence-electron chi connectivity index (χ0n) is 15.0. The Morgan fingerprint density at radius 3 is 2.62 bits per heavy atom. The van der Waals surface area contributed by atoms with Crippen LogP contribution in [0.25, 0.3) is 5.69 Å². The van der Waals surface area contributed by atoms with E-state index in [1.54, 1.807) is 17.5 Å². The minimum absolute atomic E-state index is 0.0610. The van der Waals surface area contributed by atoms with Crippen molar-refractivity contribution in [3.63, 3.8) is 0 Å². The fourth-order valence-corrected chi connectivity index (χ4v) is 3.54. The van der Waals surface area contributed by atoms with Crippen LogP contribution in [0.4, 0.5) is 5.69 Å². The Bertz CT molecular complexity index is 944. The molecule has 0 radical (unpaired) electrons. The number of halogens is 1. The van der Waals surface area contributed by atoms with Gasteiger partial charge in [0, 0.05) is 23.8 Å². The third-order valence-corrected chi connectivity index (χ3v) is 5.49. The number of anilines is 1. The Morgan fingerprint density at radius 1 is 1.23 bits per heavy atom. The van der Waals surface area contributed by atoms with Crippen LogP contribution in [0, 0.1) is 0 Å². The molecular formula is C19H21ClN4OS. The van der Waals surface area contributed by atoms with Crippen LogP contribution < -0.4 is 10.9 Å². The van der Waals surface area contributed by atoms with Crippen LogP contribution in [-0.4, -0.2) is 21.3 Å². The van der Waals surface area contributed by atoms with Gasteiger partial charge in [0.2, 0.25) is 0 Å². The number of nitrogens with one attached hydrogen (secondary N) is 1. The van der Waals surface area contributed by atoms with Crippen molar-refractivity contribution < 1.29 is 0 Å². The standard InChI is InChI=1S/C19H21ClN4OS/c1-19(2,3)18-23-13(12-26-18)9-10-21-15-11-22-24(17(25)16(15)20)14-7-5-4-6-8-14/h4-8,11-12,21H,9-10H2,1-3H3. The molecule has 2 heterocycles. The summed E-state index contributed by atoms with van der Waals surface area (Å²) in [4.78, 5) is 17.1. The normalized spacial score (nSPS) is 11.5. The van der Waals surface area contributed by atoms with Crippen molar-refractivity contribution in [2.75, 3.05) is 11.9 Å². The van der Waals surface area contributed by atoms with Crippen molar-refractivity contribution in [3.05, 3.63) is 68.0 Å². The first-order chi connectivity index (χ1) is 12.4. The van der Waals surface area contributed by atoms with Gasteiger partial charge in [0.15, 0.2) is 0 Å². The summed E-state index contributed by atoms with van der Waals surface area (Å²) < 4.78 is 1.30. The molecule has 0 unspecified atom stereocenters. The number of hydrogen-bond donors (Lipinski definition) is 1. The van der Waals surface area contributed by atoms with Crippen molar-refractivity contribution in [2.45, 2.75) is 32.6 Å². The third kappa shape index (κ3) is 4.14. The molecule has 7 heteroatoms. The van der Waals surface area contributed by atoms with Crippen LogP contribution in [0.15, 0.2) is 46.7 Å². The van der Waals surface area contributed by atoms with E-state index in [-0.39, 0.29) is 16.0 Å². The number of rotatable bonds is 5. The highest BCUT2D eigenvalue weighted by Gasteiger charge is 2.18. The van der Waals surface area contributed by atoms with Gasteiger partial charge in [-0.25, -0.2) is 4.98 Å². The maximum atomic E-state index is 12.5. The maximum absolute atomic E-state index is 12.5. The summed E-state index contributed by atoms with van der Waals surface area (Å²) in [6, 6.07) is 9.21. The molecule has 0 aliphatic heterocycles. The van der Waals surface area contributed by atoms with E-state index < -0.39 is 0 Å². The predicted octanol–water partition coefficient (Wildman–Crippen LogP) is 4.29. The summed E-state index contributed by atoms with van der Waals surface area (Å²) in [5.74, 6) is 0. The van der Waals surface area contributed by atoms with Crippen LogP contribution >= 0.6 is 22.9 Å². The first-order valence-corrected chi connectivity index (χ1v) is 9.64. The summed E-state index contributed by atoms with van der Waals surface area (Å²) in [7, 11) is 0. The lowest BCUT2D eigenvalue weighted by atomic mass is 9.98. The summed E-state index contributed by atoms with van der Waals surface area (Å²) in [5.41, 5.74) is 1.98. The molecule has 1 aromatic carbocycles. The average Bonchev–Trinajstić information content (AvgIpc) is 3.09. The Balaban J connectivity index is 1.68. The highest BCUT2D eigenvalue weighted by Crippen LogP contribution is 2.25. The highest BCUT2D eigenvalue weighted by molar-refractivity contribution is 7.09. The van der Waals surface area contributed by atoms with Gasteiger partial charge in [-0.15, -0.1) is 11.3 Å². The maximum Gasteiger partial charge on any atom is 0.292 e. The lowest BCUT2D eigenvalue weighted by molar-refractivity contribution is 0.583. The molecule has 0 saturated heterocycles. The van der Waals surface area contributed by atoms with E-state index in [4.69, 9.17) is 11.6 Å². The topological polar surface area (TPSA) is 59.8 Å². The molecule has 3 rings (SSSR count). The Labute approximate surface area is 161 Å². The van der Waals surface area contributed by atoms with Gasteiger partial charge in [-0.1, -0.05) is 50.6 Å². The molecular weight excluding hydrogens is 368 g/mol. The Morgan fingerprint density at radius 2 is 1.96 bits per heavy atom. The van der Waals surface area contributed by atoms with E-state index in [1.807, 2.05) is 30.3 Å². The molecule has 0 spiro atoms. The van der Waals surface area contributed by atoms with Crippen LogP contribution in [0.2, 0.25) is 5.02 Å². The lowest BCUT2D eigenvalue weighted by Gasteiger charge is -2.13. The SMILES string of the molecule is CC(C)(C)c1nc(CCNc2cnn(-c3ccccc3)c(=O)c2Cl)cs1. The first-order valence-electron chi connectivity index (χ1n) is 8.38. The van der Waals surface area contributed by atoms with Crippen LogP contribution in [0.5, 0.6) is 0 Å². The van der Waals surface area contributed by atoms with Crippen LogP contribution in [0.3, 0.4) is 0 Å². The zero-order chi connectivity index (χ0) is 18.7. The first kappa shape index (κ1) is 18.6. The molecule has 3 aromatic rings. The van der Waals surface area contributed by atoms with Crippen molar-refractivity contribution >= 4 is 28.6 Å². The van der Waals surface area contributed by atoms with Gasteiger partial charge < -0.3 is 5.32 Å². The van der Waals surface area contributed by atoms with E-state index >= 15 is 0 Å². The molecule has 136 valence electrons. The van der Waals surface area contributed by atoms with Crippen molar-refractivity contribution in [2.24, 2.45) is 0 Å². The van der Waals surface area contributed by atoms with Gasteiger partial charge in [-0.2, -0.15) is 9.78 Å². The van der Waals surface area contributed by atoms with Gasteiger partial charge in [-0.3, -0.25) is 4.79 Å². The largest absolute Gasteiger partial charge is 0.382 e. The number of hydrogen-bond acceptors (Lipinski definition) is 5. The second kappa shape index (κ2) is 7.60. The van der Waals surface area contributed by atoms with E-state index in [9.17, 15) is 4.79 Å². The predicted molar refractivity (Wildman–Crippen MR) is 108 cm³/mol.